The van der Waals surface area contributed by atoms with Gasteiger partial charge in [0.1, 0.15) is 5.69 Å². The number of aromatic nitrogens is 4. The van der Waals surface area contributed by atoms with Crippen molar-refractivity contribution in [1.29, 1.82) is 0 Å². The Morgan fingerprint density at radius 3 is 2.78 bits per heavy atom. The highest BCUT2D eigenvalue weighted by Gasteiger charge is 2.18. The van der Waals surface area contributed by atoms with E-state index in [1.807, 2.05) is 30.3 Å². The molecule has 27 heavy (non-hydrogen) atoms. The molecule has 2 heterocycles. The van der Waals surface area contributed by atoms with Gasteiger partial charge in [-0.15, -0.1) is 0 Å². The first kappa shape index (κ1) is 17.4. The van der Waals surface area contributed by atoms with Gasteiger partial charge in [-0.1, -0.05) is 43.3 Å². The summed E-state index contributed by atoms with van der Waals surface area (Å²) in [5.41, 5.74) is 10.8. The number of hydrogen-bond acceptors (Lipinski definition) is 5. The smallest absolute Gasteiger partial charge is 0.160 e. The van der Waals surface area contributed by atoms with E-state index in [0.29, 0.717) is 23.4 Å². The number of nitrogens with zero attached hydrogens (tertiary/aromatic N) is 3. The predicted octanol–water partition coefficient (Wildman–Crippen LogP) is 3.66. The minimum atomic E-state index is 0.384. The van der Waals surface area contributed by atoms with Crippen molar-refractivity contribution in [3.05, 3.63) is 54.5 Å². The van der Waals surface area contributed by atoms with Gasteiger partial charge in [0.2, 0.25) is 0 Å². The van der Waals surface area contributed by atoms with Gasteiger partial charge in [0.15, 0.2) is 11.6 Å². The summed E-state index contributed by atoms with van der Waals surface area (Å²) in [4.78, 5) is 16.9. The molecule has 4 rings (SSSR count). The second-order valence-electron chi connectivity index (χ2n) is 6.76. The molecule has 4 N–H and O–H groups in total. The van der Waals surface area contributed by atoms with Gasteiger partial charge in [-0.05, 0) is 36.9 Å². The van der Waals surface area contributed by atoms with Crippen LogP contribution in [0.25, 0.3) is 28.3 Å². The fourth-order valence-corrected chi connectivity index (χ4v) is 3.47. The lowest BCUT2D eigenvalue weighted by molar-refractivity contribution is 0.493. The topological polar surface area (TPSA) is 92.5 Å². The van der Waals surface area contributed by atoms with Crippen LogP contribution in [-0.2, 0) is 0 Å². The number of anilines is 1. The summed E-state index contributed by atoms with van der Waals surface area (Å²) in [7, 11) is 0. The molecular weight excluding hydrogens is 336 g/mol. The Labute approximate surface area is 159 Å². The van der Waals surface area contributed by atoms with E-state index in [1.54, 1.807) is 12.4 Å². The number of rotatable bonds is 5. The number of aromatic amines is 1. The summed E-state index contributed by atoms with van der Waals surface area (Å²) in [6, 6.07) is 10.6. The van der Waals surface area contributed by atoms with Crippen LogP contribution < -0.4 is 11.1 Å². The van der Waals surface area contributed by atoms with E-state index in [0.717, 1.165) is 42.8 Å². The summed E-state index contributed by atoms with van der Waals surface area (Å²) in [5.74, 6) is 1.03. The van der Waals surface area contributed by atoms with Crippen molar-refractivity contribution in [3.8, 4) is 22.8 Å². The summed E-state index contributed by atoms with van der Waals surface area (Å²) in [5, 5.41) is 3.51. The summed E-state index contributed by atoms with van der Waals surface area (Å²) in [6.07, 6.45) is 8.95. The Kier molecular flexibility index (Phi) is 4.98. The molecule has 0 fully saturated rings. The average Bonchev–Trinajstić information content (AvgIpc) is 3.20. The average molecular weight is 360 g/mol. The van der Waals surface area contributed by atoms with Crippen molar-refractivity contribution < 1.29 is 0 Å². The molecule has 2 aromatic heterocycles. The Bertz CT molecular complexity index is 944. The lowest BCUT2D eigenvalue weighted by Gasteiger charge is -2.22. The second-order valence-corrected chi connectivity index (χ2v) is 6.76. The molecule has 0 amide bonds. The van der Waals surface area contributed by atoms with Crippen LogP contribution in [0.5, 0.6) is 0 Å². The molecule has 1 unspecified atom stereocenters. The van der Waals surface area contributed by atoms with Crippen molar-refractivity contribution in [3.63, 3.8) is 0 Å². The minimum Gasteiger partial charge on any atom is -0.382 e. The SMILES string of the molecule is CCNC1CC=C(c2cnc(N)c(-c3ncc(-c4ccccc4)[nH]3)n2)CC1. The molecule has 138 valence electrons. The van der Waals surface area contributed by atoms with Gasteiger partial charge in [-0.25, -0.2) is 15.0 Å². The third-order valence-corrected chi connectivity index (χ3v) is 4.92. The lowest BCUT2D eigenvalue weighted by atomic mass is 9.93. The molecule has 1 aromatic carbocycles. The maximum Gasteiger partial charge on any atom is 0.160 e. The molecule has 6 heteroatoms. The highest BCUT2D eigenvalue weighted by Crippen LogP contribution is 2.29. The van der Waals surface area contributed by atoms with Crippen LogP contribution in [-0.4, -0.2) is 32.5 Å². The molecule has 1 atom stereocenters. The first-order valence-corrected chi connectivity index (χ1v) is 9.40. The largest absolute Gasteiger partial charge is 0.382 e. The number of imidazole rings is 1. The molecule has 1 aliphatic carbocycles. The summed E-state index contributed by atoms with van der Waals surface area (Å²) in [6.45, 7) is 3.14. The van der Waals surface area contributed by atoms with Crippen LogP contribution in [0.1, 0.15) is 31.9 Å². The number of benzene rings is 1. The number of hydrogen-bond donors (Lipinski definition) is 3. The molecule has 1 aliphatic rings. The van der Waals surface area contributed by atoms with Crippen molar-refractivity contribution in [2.24, 2.45) is 0 Å². The number of H-pyrrole nitrogens is 1. The Morgan fingerprint density at radius 2 is 2.04 bits per heavy atom. The second kappa shape index (κ2) is 7.72. The van der Waals surface area contributed by atoms with E-state index in [4.69, 9.17) is 10.7 Å². The maximum atomic E-state index is 6.10. The Hall–Kier alpha value is -2.99. The Balaban J connectivity index is 1.61. The van der Waals surface area contributed by atoms with E-state index in [-0.39, 0.29) is 0 Å². The van der Waals surface area contributed by atoms with Crippen LogP contribution in [0.4, 0.5) is 5.82 Å². The zero-order valence-corrected chi connectivity index (χ0v) is 15.4. The van der Waals surface area contributed by atoms with Gasteiger partial charge < -0.3 is 16.0 Å². The number of nitrogens with one attached hydrogen (secondary N) is 2. The number of nitrogen functional groups attached to an aromatic ring is 1. The molecule has 0 saturated carbocycles. The van der Waals surface area contributed by atoms with E-state index >= 15 is 0 Å². The number of nitrogens with two attached hydrogens (primary N) is 1. The molecule has 6 nitrogen and oxygen atoms in total. The standard InChI is InChI=1S/C21H24N6/c1-2-23-16-10-8-15(9-11-16)17-12-24-20(22)19(26-17)21-25-13-18(27-21)14-6-4-3-5-7-14/h3-8,12-13,16,23H,2,9-11H2,1H3,(H2,22,24)(H,25,27). The lowest BCUT2D eigenvalue weighted by Crippen LogP contribution is -2.29. The molecule has 0 aliphatic heterocycles. The molecular formula is C21H24N6. The monoisotopic (exact) mass is 360 g/mol. The molecule has 0 saturated heterocycles. The summed E-state index contributed by atoms with van der Waals surface area (Å²) < 4.78 is 0. The predicted molar refractivity (Wildman–Crippen MR) is 109 cm³/mol. The molecule has 0 bridgehead atoms. The first-order valence-electron chi connectivity index (χ1n) is 9.40. The van der Waals surface area contributed by atoms with Gasteiger partial charge >= 0.3 is 0 Å². The first-order chi connectivity index (χ1) is 13.2. The van der Waals surface area contributed by atoms with Crippen LogP contribution in [0.15, 0.2) is 48.8 Å². The van der Waals surface area contributed by atoms with Crippen LogP contribution >= 0.6 is 0 Å². The van der Waals surface area contributed by atoms with Crippen molar-refractivity contribution in [2.45, 2.75) is 32.2 Å². The van der Waals surface area contributed by atoms with Gasteiger partial charge in [0, 0.05) is 6.04 Å². The van der Waals surface area contributed by atoms with Crippen molar-refractivity contribution in [2.75, 3.05) is 12.3 Å². The third kappa shape index (κ3) is 3.75. The van der Waals surface area contributed by atoms with Gasteiger partial charge in [-0.3, -0.25) is 0 Å². The highest BCUT2D eigenvalue weighted by atomic mass is 15.0. The van der Waals surface area contributed by atoms with E-state index in [2.05, 4.69) is 33.3 Å². The third-order valence-electron chi connectivity index (χ3n) is 4.92. The van der Waals surface area contributed by atoms with Crippen LogP contribution in [0.2, 0.25) is 0 Å². The van der Waals surface area contributed by atoms with Crippen molar-refractivity contribution in [1.82, 2.24) is 25.3 Å². The van der Waals surface area contributed by atoms with Crippen LogP contribution in [0.3, 0.4) is 0 Å². The quantitative estimate of drug-likeness (QED) is 0.646. The van der Waals surface area contributed by atoms with E-state index < -0.39 is 0 Å². The normalized spacial score (nSPS) is 16.9. The number of allylic oxidation sites excluding steroid dienone is 1. The molecule has 0 spiro atoms. The molecule has 3 aromatic rings. The Morgan fingerprint density at radius 1 is 1.19 bits per heavy atom. The van der Waals surface area contributed by atoms with E-state index in [9.17, 15) is 0 Å². The highest BCUT2D eigenvalue weighted by molar-refractivity contribution is 5.71. The van der Waals surface area contributed by atoms with Crippen molar-refractivity contribution >= 4 is 11.4 Å². The summed E-state index contributed by atoms with van der Waals surface area (Å²) >= 11 is 0. The fraction of sp³-hybridized carbons (Fsp3) is 0.286. The van der Waals surface area contributed by atoms with Gasteiger partial charge in [0.05, 0.1) is 23.8 Å². The zero-order valence-electron chi connectivity index (χ0n) is 15.4. The zero-order chi connectivity index (χ0) is 18.6. The minimum absolute atomic E-state index is 0.384. The molecule has 0 radical (unpaired) electrons. The van der Waals surface area contributed by atoms with E-state index in [1.165, 1.54) is 5.57 Å². The fourth-order valence-electron chi connectivity index (χ4n) is 3.47. The maximum absolute atomic E-state index is 6.10. The van der Waals surface area contributed by atoms with Crippen LogP contribution in [0, 0.1) is 0 Å². The van der Waals surface area contributed by atoms with Gasteiger partial charge in [0.25, 0.3) is 0 Å². The van der Waals surface area contributed by atoms with Gasteiger partial charge in [-0.2, -0.15) is 0 Å².